The first kappa shape index (κ1) is 20.9. The number of hydrogen-bond acceptors (Lipinski definition) is 6. The zero-order chi connectivity index (χ0) is 21.5. The number of aromatic nitrogens is 3. The van der Waals surface area contributed by atoms with Crippen LogP contribution < -0.4 is 10.6 Å². The number of carbonyl (C=O) groups is 1. The minimum Gasteiger partial charge on any atom is -0.481 e. The standard InChI is InChI=1S/C22H24N6O2/c1-3-28(17-10-12-25-13-11-17)22(24-2)20-21(23)26-14-18(27-20)16-7-4-15(5-8-16)6-9-19(29)30/h4-5,7-8,10-14H,3,6,9H2,1-2H3,(H2,23,26)(H,29,30). The van der Waals surface area contributed by atoms with Crippen molar-refractivity contribution >= 4 is 23.3 Å². The Labute approximate surface area is 175 Å². The Morgan fingerprint density at radius 1 is 1.17 bits per heavy atom. The quantitative estimate of drug-likeness (QED) is 0.459. The number of carboxylic acid groups (broad SMARTS) is 1. The number of aliphatic imine (C=N–C) groups is 1. The summed E-state index contributed by atoms with van der Waals surface area (Å²) in [5.74, 6) is 0.104. The van der Waals surface area contributed by atoms with Gasteiger partial charge in [-0.3, -0.25) is 14.8 Å². The van der Waals surface area contributed by atoms with Crippen molar-refractivity contribution in [2.24, 2.45) is 4.99 Å². The summed E-state index contributed by atoms with van der Waals surface area (Å²) in [6, 6.07) is 11.4. The van der Waals surface area contributed by atoms with Crippen LogP contribution in [-0.4, -0.2) is 45.5 Å². The second-order valence-corrected chi connectivity index (χ2v) is 6.58. The first-order valence-corrected chi connectivity index (χ1v) is 9.61. The van der Waals surface area contributed by atoms with E-state index < -0.39 is 5.97 Å². The number of anilines is 2. The topological polar surface area (TPSA) is 118 Å². The lowest BCUT2D eigenvalue weighted by atomic mass is 10.1. The van der Waals surface area contributed by atoms with E-state index in [2.05, 4.69) is 15.0 Å². The number of hydrogen-bond donors (Lipinski definition) is 2. The number of rotatable bonds is 7. The second-order valence-electron chi connectivity index (χ2n) is 6.58. The van der Waals surface area contributed by atoms with Gasteiger partial charge in [-0.05, 0) is 31.0 Å². The molecule has 0 fully saturated rings. The van der Waals surface area contributed by atoms with Gasteiger partial charge in [0.05, 0.1) is 11.9 Å². The largest absolute Gasteiger partial charge is 0.481 e. The number of aliphatic carboxylic acids is 1. The van der Waals surface area contributed by atoms with E-state index in [1.54, 1.807) is 25.6 Å². The molecule has 0 amide bonds. The fraction of sp³-hybridized carbons (Fsp3) is 0.227. The van der Waals surface area contributed by atoms with E-state index in [9.17, 15) is 4.79 Å². The van der Waals surface area contributed by atoms with E-state index in [1.165, 1.54) is 0 Å². The predicted molar refractivity (Wildman–Crippen MR) is 118 cm³/mol. The monoisotopic (exact) mass is 404 g/mol. The molecule has 3 aromatic rings. The van der Waals surface area contributed by atoms with E-state index in [1.807, 2.05) is 48.2 Å². The predicted octanol–water partition coefficient (Wildman–Crippen LogP) is 3.04. The number of aryl methyl sites for hydroxylation is 1. The molecular weight excluding hydrogens is 380 g/mol. The van der Waals surface area contributed by atoms with E-state index in [0.717, 1.165) is 16.8 Å². The van der Waals surface area contributed by atoms with Crippen molar-refractivity contribution in [3.8, 4) is 11.3 Å². The van der Waals surface area contributed by atoms with E-state index in [0.29, 0.717) is 36.0 Å². The lowest BCUT2D eigenvalue weighted by Gasteiger charge is -2.24. The normalized spacial score (nSPS) is 11.3. The van der Waals surface area contributed by atoms with Gasteiger partial charge in [0, 0.05) is 43.7 Å². The van der Waals surface area contributed by atoms with Crippen LogP contribution in [0.5, 0.6) is 0 Å². The van der Waals surface area contributed by atoms with Crippen LogP contribution in [0.4, 0.5) is 11.5 Å². The van der Waals surface area contributed by atoms with Gasteiger partial charge in [-0.2, -0.15) is 0 Å². The second kappa shape index (κ2) is 9.60. The molecule has 154 valence electrons. The van der Waals surface area contributed by atoms with Crippen molar-refractivity contribution in [2.75, 3.05) is 24.2 Å². The molecule has 0 radical (unpaired) electrons. The Hall–Kier alpha value is -3.81. The van der Waals surface area contributed by atoms with Gasteiger partial charge in [0.1, 0.15) is 5.69 Å². The van der Waals surface area contributed by atoms with Gasteiger partial charge in [-0.15, -0.1) is 0 Å². The number of pyridine rings is 1. The van der Waals surface area contributed by atoms with Crippen LogP contribution in [0.2, 0.25) is 0 Å². The van der Waals surface area contributed by atoms with Crippen molar-refractivity contribution in [1.29, 1.82) is 0 Å². The van der Waals surface area contributed by atoms with E-state index in [-0.39, 0.29) is 6.42 Å². The molecule has 0 unspecified atom stereocenters. The maximum absolute atomic E-state index is 10.8. The molecule has 0 aliphatic carbocycles. The van der Waals surface area contributed by atoms with E-state index >= 15 is 0 Å². The average Bonchev–Trinajstić information content (AvgIpc) is 2.77. The first-order valence-electron chi connectivity index (χ1n) is 9.61. The third kappa shape index (κ3) is 4.78. The van der Waals surface area contributed by atoms with Crippen molar-refractivity contribution in [3.63, 3.8) is 0 Å². The van der Waals surface area contributed by atoms with Gasteiger partial charge in [-0.25, -0.2) is 9.97 Å². The molecule has 0 aliphatic rings. The fourth-order valence-corrected chi connectivity index (χ4v) is 3.13. The van der Waals surface area contributed by atoms with Crippen LogP contribution in [-0.2, 0) is 11.2 Å². The van der Waals surface area contributed by atoms with Crippen LogP contribution in [0, 0.1) is 0 Å². The maximum atomic E-state index is 10.8. The highest BCUT2D eigenvalue weighted by Gasteiger charge is 2.19. The van der Waals surface area contributed by atoms with Gasteiger partial charge in [0.15, 0.2) is 11.7 Å². The van der Waals surface area contributed by atoms with Crippen LogP contribution in [0.3, 0.4) is 0 Å². The maximum Gasteiger partial charge on any atom is 0.303 e. The number of nitrogen functional groups attached to an aromatic ring is 1. The Morgan fingerprint density at radius 2 is 1.87 bits per heavy atom. The molecule has 0 spiro atoms. The van der Waals surface area contributed by atoms with Crippen LogP contribution in [0.1, 0.15) is 24.6 Å². The van der Waals surface area contributed by atoms with Crippen LogP contribution in [0.15, 0.2) is 60.0 Å². The molecule has 2 aromatic heterocycles. The molecule has 3 rings (SSSR count). The van der Waals surface area contributed by atoms with Crippen LogP contribution >= 0.6 is 0 Å². The van der Waals surface area contributed by atoms with Crippen molar-refractivity contribution < 1.29 is 9.90 Å². The smallest absolute Gasteiger partial charge is 0.303 e. The molecule has 0 atom stereocenters. The summed E-state index contributed by atoms with van der Waals surface area (Å²) in [6.07, 6.45) is 5.66. The van der Waals surface area contributed by atoms with Gasteiger partial charge in [0.2, 0.25) is 0 Å². The number of nitrogens with two attached hydrogens (primary N) is 1. The summed E-state index contributed by atoms with van der Waals surface area (Å²) in [4.78, 5) is 30.3. The first-order chi connectivity index (χ1) is 14.5. The van der Waals surface area contributed by atoms with Crippen molar-refractivity contribution in [1.82, 2.24) is 15.0 Å². The molecule has 0 bridgehead atoms. The molecule has 0 saturated heterocycles. The zero-order valence-corrected chi connectivity index (χ0v) is 17.0. The third-order valence-electron chi connectivity index (χ3n) is 4.65. The molecule has 0 saturated carbocycles. The molecule has 8 heteroatoms. The SMILES string of the molecule is CCN(C(=NC)c1nc(-c2ccc(CCC(=O)O)cc2)cnc1N)c1ccncc1. The fourth-order valence-electron chi connectivity index (χ4n) is 3.13. The number of amidine groups is 1. The number of carboxylic acids is 1. The Balaban J connectivity index is 1.93. The van der Waals surface area contributed by atoms with Crippen molar-refractivity contribution in [2.45, 2.75) is 19.8 Å². The summed E-state index contributed by atoms with van der Waals surface area (Å²) < 4.78 is 0. The summed E-state index contributed by atoms with van der Waals surface area (Å²) in [5.41, 5.74) is 10.1. The van der Waals surface area contributed by atoms with Gasteiger partial charge >= 0.3 is 5.97 Å². The highest BCUT2D eigenvalue weighted by atomic mass is 16.4. The Bertz CT molecular complexity index is 1040. The number of nitrogens with zero attached hydrogens (tertiary/aromatic N) is 5. The van der Waals surface area contributed by atoms with Crippen LogP contribution in [0.25, 0.3) is 11.3 Å². The van der Waals surface area contributed by atoms with Gasteiger partial charge in [-0.1, -0.05) is 24.3 Å². The molecule has 2 heterocycles. The lowest BCUT2D eigenvalue weighted by Crippen LogP contribution is -2.33. The van der Waals surface area contributed by atoms with Crippen molar-refractivity contribution in [3.05, 3.63) is 66.2 Å². The molecular formula is C22H24N6O2. The minimum absolute atomic E-state index is 0.101. The summed E-state index contributed by atoms with van der Waals surface area (Å²) in [6.45, 7) is 2.69. The Kier molecular flexibility index (Phi) is 6.69. The van der Waals surface area contributed by atoms with E-state index in [4.69, 9.17) is 15.8 Å². The van der Waals surface area contributed by atoms with Gasteiger partial charge in [0.25, 0.3) is 0 Å². The van der Waals surface area contributed by atoms with Gasteiger partial charge < -0.3 is 15.7 Å². The minimum atomic E-state index is -0.811. The molecule has 8 nitrogen and oxygen atoms in total. The molecule has 3 N–H and O–H groups in total. The average molecular weight is 404 g/mol. The molecule has 1 aromatic carbocycles. The highest BCUT2D eigenvalue weighted by Crippen LogP contribution is 2.23. The highest BCUT2D eigenvalue weighted by molar-refractivity contribution is 6.11. The zero-order valence-electron chi connectivity index (χ0n) is 17.0. The summed E-state index contributed by atoms with van der Waals surface area (Å²) in [5, 5.41) is 8.84. The third-order valence-corrected chi connectivity index (χ3v) is 4.65. The summed E-state index contributed by atoms with van der Waals surface area (Å²) in [7, 11) is 1.70. The number of benzene rings is 1. The summed E-state index contributed by atoms with van der Waals surface area (Å²) >= 11 is 0. The Morgan fingerprint density at radius 3 is 2.47 bits per heavy atom. The lowest BCUT2D eigenvalue weighted by molar-refractivity contribution is -0.136. The molecule has 0 aliphatic heterocycles. The molecule has 30 heavy (non-hydrogen) atoms.